The lowest BCUT2D eigenvalue weighted by Crippen LogP contribution is -2.57. The van der Waals surface area contributed by atoms with Crippen molar-refractivity contribution in [3.63, 3.8) is 0 Å². The molecule has 0 atom stereocenters. The predicted molar refractivity (Wildman–Crippen MR) is 220 cm³/mol. The Morgan fingerprint density at radius 1 is 0.373 bits per heavy atom. The van der Waals surface area contributed by atoms with Gasteiger partial charge in [0.15, 0.2) is 0 Å². The van der Waals surface area contributed by atoms with Crippen LogP contribution in [0, 0.1) is 0 Å². The highest BCUT2D eigenvalue weighted by molar-refractivity contribution is 6.99. The maximum Gasteiger partial charge on any atom is 0.247 e. The lowest BCUT2D eigenvalue weighted by atomic mass is 9.34. The molecule has 0 bridgehead atoms. The quantitative estimate of drug-likeness (QED) is 0.125. The van der Waals surface area contributed by atoms with Crippen molar-refractivity contribution < 1.29 is 0 Å². The zero-order chi connectivity index (χ0) is 34.0. The first-order chi connectivity index (χ1) is 25.3. The molecule has 0 aliphatic carbocycles. The normalized spacial score (nSPS) is 12.2. The van der Waals surface area contributed by atoms with E-state index in [2.05, 4.69) is 222 Å². The second-order valence-electron chi connectivity index (χ2n) is 13.0. The molecule has 0 amide bonds. The molecular weight excluding hydrogens is 615 g/mol. The third-order valence-electron chi connectivity index (χ3n) is 9.91. The van der Waals surface area contributed by atoms with E-state index in [0.29, 0.717) is 0 Å². The van der Waals surface area contributed by atoms with E-state index in [-0.39, 0.29) is 6.71 Å². The molecule has 51 heavy (non-hydrogen) atoms. The second-order valence-corrected chi connectivity index (χ2v) is 13.0. The van der Waals surface area contributed by atoms with E-state index in [1.165, 1.54) is 38.5 Å². The standard InChI is InChI=1S/C48H35BN2/c1-3-16-39(17-4-1)50(40-18-5-2-6-19-40)41-32-28-36(29-33-41)26-27-37-30-34-42(35-31-37)51-47-24-11-9-21-45(47)49(46-22-10-12-25-48(46)51)44-23-13-15-38-14-7-8-20-43(38)44/h1-35H/b27-26+. The molecule has 8 aromatic rings. The van der Waals surface area contributed by atoms with Crippen molar-refractivity contribution in [2.75, 3.05) is 9.80 Å². The number of anilines is 6. The predicted octanol–water partition coefficient (Wildman–Crippen LogP) is 10.8. The van der Waals surface area contributed by atoms with Gasteiger partial charge in [0, 0.05) is 34.1 Å². The Hall–Kier alpha value is -6.58. The Morgan fingerprint density at radius 2 is 0.824 bits per heavy atom. The Morgan fingerprint density at radius 3 is 1.43 bits per heavy atom. The number of rotatable bonds is 7. The fourth-order valence-corrected chi connectivity index (χ4v) is 7.55. The smallest absolute Gasteiger partial charge is 0.247 e. The van der Waals surface area contributed by atoms with Gasteiger partial charge in [-0.2, -0.15) is 0 Å². The summed E-state index contributed by atoms with van der Waals surface area (Å²) < 4.78 is 0. The molecule has 0 spiro atoms. The topological polar surface area (TPSA) is 6.48 Å². The van der Waals surface area contributed by atoms with Crippen molar-refractivity contribution in [3.8, 4) is 0 Å². The van der Waals surface area contributed by atoms with Crippen LogP contribution in [-0.2, 0) is 0 Å². The number of para-hydroxylation sites is 4. The molecule has 2 nitrogen and oxygen atoms in total. The van der Waals surface area contributed by atoms with Gasteiger partial charge in [0.05, 0.1) is 0 Å². The van der Waals surface area contributed by atoms with Gasteiger partial charge in [0.2, 0.25) is 6.71 Å². The highest BCUT2D eigenvalue weighted by atomic mass is 15.2. The van der Waals surface area contributed by atoms with Gasteiger partial charge in [-0.05, 0) is 93.5 Å². The van der Waals surface area contributed by atoms with Crippen molar-refractivity contribution in [1.82, 2.24) is 0 Å². The summed E-state index contributed by atoms with van der Waals surface area (Å²) >= 11 is 0. The van der Waals surface area contributed by atoms with E-state index in [9.17, 15) is 0 Å². The molecule has 0 fully saturated rings. The van der Waals surface area contributed by atoms with Gasteiger partial charge >= 0.3 is 0 Å². The maximum absolute atomic E-state index is 2.42. The molecular formula is C48H35BN2. The van der Waals surface area contributed by atoms with Crippen LogP contribution in [0.5, 0.6) is 0 Å². The molecule has 8 aromatic carbocycles. The summed E-state index contributed by atoms with van der Waals surface area (Å²) in [4.78, 5) is 4.71. The summed E-state index contributed by atoms with van der Waals surface area (Å²) in [5.74, 6) is 0. The molecule has 0 saturated heterocycles. The Kier molecular flexibility index (Phi) is 8.00. The molecule has 3 heteroatoms. The van der Waals surface area contributed by atoms with Crippen LogP contribution in [0.15, 0.2) is 200 Å². The molecule has 9 rings (SSSR count). The van der Waals surface area contributed by atoms with Crippen LogP contribution in [0.1, 0.15) is 11.1 Å². The lowest BCUT2D eigenvalue weighted by Gasteiger charge is -2.37. The number of hydrogen-bond donors (Lipinski definition) is 0. The van der Waals surface area contributed by atoms with Crippen molar-refractivity contribution in [2.45, 2.75) is 0 Å². The van der Waals surface area contributed by atoms with Crippen LogP contribution >= 0.6 is 0 Å². The SMILES string of the molecule is C(=C\c1ccc(N2c3ccccc3B(c3cccc4ccccc34)c3ccccc32)cc1)/c1ccc(N(c2ccccc2)c2ccccc2)cc1. The van der Waals surface area contributed by atoms with E-state index < -0.39 is 0 Å². The Labute approximate surface area is 300 Å². The molecule has 0 aromatic heterocycles. The van der Waals surface area contributed by atoms with Crippen molar-refractivity contribution in [3.05, 3.63) is 211 Å². The Bertz CT molecular complexity index is 2380. The first-order valence-corrected chi connectivity index (χ1v) is 17.6. The van der Waals surface area contributed by atoms with Gasteiger partial charge in [-0.3, -0.25) is 0 Å². The molecule has 1 aliphatic heterocycles. The largest absolute Gasteiger partial charge is 0.312 e. The molecule has 0 N–H and O–H groups in total. The van der Waals surface area contributed by atoms with Crippen molar-refractivity contribution >= 4 is 80.1 Å². The van der Waals surface area contributed by atoms with Gasteiger partial charge in [-0.25, -0.2) is 0 Å². The Balaban J connectivity index is 1.01. The highest BCUT2D eigenvalue weighted by Crippen LogP contribution is 2.37. The van der Waals surface area contributed by atoms with E-state index in [4.69, 9.17) is 0 Å². The fourth-order valence-electron chi connectivity index (χ4n) is 7.55. The average molecular weight is 651 g/mol. The van der Waals surface area contributed by atoms with Crippen LogP contribution in [0.25, 0.3) is 22.9 Å². The lowest BCUT2D eigenvalue weighted by molar-refractivity contribution is 1.28. The molecule has 1 heterocycles. The van der Waals surface area contributed by atoms with Crippen LogP contribution in [0.4, 0.5) is 34.1 Å². The highest BCUT2D eigenvalue weighted by Gasteiger charge is 2.35. The van der Waals surface area contributed by atoms with Crippen LogP contribution < -0.4 is 26.2 Å². The van der Waals surface area contributed by atoms with Crippen molar-refractivity contribution in [2.24, 2.45) is 0 Å². The minimum absolute atomic E-state index is 0.140. The monoisotopic (exact) mass is 650 g/mol. The van der Waals surface area contributed by atoms with Gasteiger partial charge in [-0.15, -0.1) is 0 Å². The first kappa shape index (κ1) is 30.5. The van der Waals surface area contributed by atoms with Crippen LogP contribution in [-0.4, -0.2) is 6.71 Å². The van der Waals surface area contributed by atoms with Crippen molar-refractivity contribution in [1.29, 1.82) is 0 Å². The molecule has 0 unspecified atom stereocenters. The van der Waals surface area contributed by atoms with E-state index in [0.717, 1.165) is 33.9 Å². The fraction of sp³-hybridized carbons (Fsp3) is 0. The zero-order valence-electron chi connectivity index (χ0n) is 28.2. The third-order valence-corrected chi connectivity index (χ3v) is 9.91. The third kappa shape index (κ3) is 5.79. The van der Waals surface area contributed by atoms with Gasteiger partial charge < -0.3 is 9.80 Å². The van der Waals surface area contributed by atoms with Crippen LogP contribution in [0.2, 0.25) is 0 Å². The summed E-state index contributed by atoms with van der Waals surface area (Å²) in [6.07, 6.45) is 4.38. The van der Waals surface area contributed by atoms with Crippen LogP contribution in [0.3, 0.4) is 0 Å². The first-order valence-electron chi connectivity index (χ1n) is 17.6. The molecule has 240 valence electrons. The van der Waals surface area contributed by atoms with E-state index >= 15 is 0 Å². The minimum atomic E-state index is 0.140. The molecule has 1 aliphatic rings. The summed E-state index contributed by atoms with van der Waals surface area (Å²) in [5, 5.41) is 2.58. The summed E-state index contributed by atoms with van der Waals surface area (Å²) in [6.45, 7) is 0.140. The zero-order valence-corrected chi connectivity index (χ0v) is 28.2. The molecule has 0 saturated carbocycles. The van der Waals surface area contributed by atoms with Gasteiger partial charge in [0.25, 0.3) is 0 Å². The summed E-state index contributed by atoms with van der Waals surface area (Å²) in [6, 6.07) is 71.9. The van der Waals surface area contributed by atoms with Gasteiger partial charge in [0.1, 0.15) is 0 Å². The number of hydrogen-bond acceptors (Lipinski definition) is 2. The summed E-state index contributed by atoms with van der Waals surface area (Å²) in [7, 11) is 0. The number of benzene rings is 8. The van der Waals surface area contributed by atoms with E-state index in [1.807, 2.05) is 0 Å². The average Bonchev–Trinajstić information content (AvgIpc) is 3.21. The summed E-state index contributed by atoms with van der Waals surface area (Å²) in [5.41, 5.74) is 13.3. The molecule has 0 radical (unpaired) electrons. The minimum Gasteiger partial charge on any atom is -0.312 e. The number of fused-ring (bicyclic) bond motifs is 3. The number of nitrogens with zero attached hydrogens (tertiary/aromatic N) is 2. The second kappa shape index (κ2) is 13.4. The maximum atomic E-state index is 2.42. The van der Waals surface area contributed by atoms with Gasteiger partial charge in [-0.1, -0.05) is 157 Å². The van der Waals surface area contributed by atoms with E-state index in [1.54, 1.807) is 0 Å².